The number of hydrogen-bond acceptors (Lipinski definition) is 2. The van der Waals surface area contributed by atoms with Crippen LogP contribution in [0.4, 0.5) is 0 Å². The first-order valence-corrected chi connectivity index (χ1v) is 4.65. The number of carbonyl (C=O) groups is 1. The molecule has 0 fully saturated rings. The minimum Gasteiger partial charge on any atom is -0.469 e. The van der Waals surface area contributed by atoms with Gasteiger partial charge in [-0.25, -0.2) is 0 Å². The summed E-state index contributed by atoms with van der Waals surface area (Å²) in [6, 6.07) is 0. The first-order valence-electron chi connectivity index (χ1n) is 4.65. The molecule has 0 aromatic carbocycles. The molecule has 0 aliphatic heterocycles. The molecule has 0 N–H and O–H groups in total. The van der Waals surface area contributed by atoms with Crippen LogP contribution in [0.15, 0.2) is 24.8 Å². The first kappa shape index (κ1) is 10.0. The molecule has 1 rings (SSSR count). The van der Waals surface area contributed by atoms with Crippen LogP contribution in [-0.2, 0) is 9.53 Å². The topological polar surface area (TPSA) is 26.3 Å². The molecule has 72 valence electrons. The van der Waals surface area contributed by atoms with Crippen LogP contribution in [0, 0.1) is 11.8 Å². The van der Waals surface area contributed by atoms with E-state index in [0.717, 1.165) is 12.8 Å². The van der Waals surface area contributed by atoms with Crippen molar-refractivity contribution in [3.8, 4) is 0 Å². The Morgan fingerprint density at radius 3 is 3.08 bits per heavy atom. The van der Waals surface area contributed by atoms with E-state index in [1.54, 1.807) is 6.08 Å². The van der Waals surface area contributed by atoms with Crippen molar-refractivity contribution in [2.75, 3.05) is 7.11 Å². The van der Waals surface area contributed by atoms with Gasteiger partial charge in [-0.2, -0.15) is 0 Å². The van der Waals surface area contributed by atoms with Gasteiger partial charge in [-0.3, -0.25) is 4.79 Å². The number of rotatable bonds is 4. The van der Waals surface area contributed by atoms with Crippen molar-refractivity contribution in [2.24, 2.45) is 11.8 Å². The summed E-state index contributed by atoms with van der Waals surface area (Å²) < 4.78 is 4.76. The Labute approximate surface area is 79.3 Å². The molecule has 1 aliphatic carbocycles. The highest BCUT2D eigenvalue weighted by Gasteiger charge is 2.27. The Kier molecular flexibility index (Phi) is 3.74. The molecule has 2 unspecified atom stereocenters. The molecule has 0 amide bonds. The molecule has 13 heavy (non-hydrogen) atoms. The zero-order valence-electron chi connectivity index (χ0n) is 8.03. The maximum Gasteiger partial charge on any atom is 0.309 e. The summed E-state index contributed by atoms with van der Waals surface area (Å²) in [6.07, 6.45) is 8.88. The van der Waals surface area contributed by atoms with Gasteiger partial charge in [0.15, 0.2) is 0 Å². The molecule has 0 aromatic heterocycles. The summed E-state index contributed by atoms with van der Waals surface area (Å²) in [5.41, 5.74) is 0. The van der Waals surface area contributed by atoms with Gasteiger partial charge in [0.25, 0.3) is 0 Å². The van der Waals surface area contributed by atoms with Gasteiger partial charge in [-0.1, -0.05) is 18.2 Å². The summed E-state index contributed by atoms with van der Waals surface area (Å²) in [5, 5.41) is 0. The van der Waals surface area contributed by atoms with Crippen LogP contribution in [0.1, 0.15) is 19.3 Å². The van der Waals surface area contributed by atoms with Gasteiger partial charge >= 0.3 is 5.97 Å². The van der Waals surface area contributed by atoms with Gasteiger partial charge in [-0.05, 0) is 25.2 Å². The summed E-state index contributed by atoms with van der Waals surface area (Å²) in [4.78, 5) is 11.4. The Morgan fingerprint density at radius 2 is 2.62 bits per heavy atom. The highest BCUT2D eigenvalue weighted by molar-refractivity contribution is 5.73. The number of carbonyl (C=O) groups excluding carboxylic acids is 1. The van der Waals surface area contributed by atoms with Gasteiger partial charge in [-0.15, -0.1) is 6.58 Å². The quantitative estimate of drug-likeness (QED) is 0.490. The predicted molar refractivity (Wildman–Crippen MR) is 52.2 cm³/mol. The van der Waals surface area contributed by atoms with Crippen LogP contribution in [0.2, 0.25) is 0 Å². The van der Waals surface area contributed by atoms with Gasteiger partial charge < -0.3 is 4.74 Å². The SMILES string of the molecule is C=CCC(C(=O)OC)C1C=CCC1. The highest BCUT2D eigenvalue weighted by atomic mass is 16.5. The predicted octanol–water partition coefficient (Wildman–Crippen LogP) is 2.32. The van der Waals surface area contributed by atoms with Gasteiger partial charge in [0.1, 0.15) is 0 Å². The van der Waals surface area contributed by atoms with E-state index in [-0.39, 0.29) is 11.9 Å². The van der Waals surface area contributed by atoms with Crippen molar-refractivity contribution in [3.05, 3.63) is 24.8 Å². The lowest BCUT2D eigenvalue weighted by atomic mass is 9.89. The summed E-state index contributed by atoms with van der Waals surface area (Å²) in [7, 11) is 1.44. The second-order valence-electron chi connectivity index (χ2n) is 3.32. The van der Waals surface area contributed by atoms with Gasteiger partial charge in [0, 0.05) is 0 Å². The number of methoxy groups -OCH3 is 1. The number of esters is 1. The van der Waals surface area contributed by atoms with Crippen molar-refractivity contribution in [3.63, 3.8) is 0 Å². The molecular formula is C11H16O2. The normalized spacial score (nSPS) is 22.7. The fraction of sp³-hybridized carbons (Fsp3) is 0.545. The van der Waals surface area contributed by atoms with E-state index in [4.69, 9.17) is 4.74 Å². The minimum absolute atomic E-state index is 0.0266. The van der Waals surface area contributed by atoms with Crippen molar-refractivity contribution < 1.29 is 9.53 Å². The third-order valence-electron chi connectivity index (χ3n) is 2.49. The molecule has 0 aromatic rings. The average Bonchev–Trinajstić information content (AvgIpc) is 2.65. The lowest BCUT2D eigenvalue weighted by Gasteiger charge is -2.17. The Morgan fingerprint density at radius 1 is 1.85 bits per heavy atom. The number of ether oxygens (including phenoxy) is 1. The largest absolute Gasteiger partial charge is 0.469 e. The molecular weight excluding hydrogens is 164 g/mol. The summed E-state index contributed by atoms with van der Waals surface area (Å²) in [5.74, 6) is 0.211. The maximum absolute atomic E-state index is 11.4. The van der Waals surface area contributed by atoms with E-state index in [1.807, 2.05) is 0 Å². The van der Waals surface area contributed by atoms with E-state index in [9.17, 15) is 4.79 Å². The summed E-state index contributed by atoms with van der Waals surface area (Å²) >= 11 is 0. The molecule has 0 spiro atoms. The van der Waals surface area contributed by atoms with Crippen LogP contribution < -0.4 is 0 Å². The monoisotopic (exact) mass is 180 g/mol. The van der Waals surface area contributed by atoms with Crippen LogP contribution in [0.5, 0.6) is 0 Å². The average molecular weight is 180 g/mol. The van der Waals surface area contributed by atoms with E-state index >= 15 is 0 Å². The van der Waals surface area contributed by atoms with Crippen LogP contribution in [0.25, 0.3) is 0 Å². The number of allylic oxidation sites excluding steroid dienone is 3. The maximum atomic E-state index is 11.4. The standard InChI is InChI=1S/C11H16O2/c1-3-6-10(11(12)13-2)9-7-4-5-8-9/h3-4,7,9-10H,1,5-6,8H2,2H3. The Bertz CT molecular complexity index is 218. The van der Waals surface area contributed by atoms with E-state index in [1.165, 1.54) is 7.11 Å². The Balaban J connectivity index is 2.60. The lowest BCUT2D eigenvalue weighted by molar-refractivity contribution is -0.146. The molecule has 2 nitrogen and oxygen atoms in total. The lowest BCUT2D eigenvalue weighted by Crippen LogP contribution is -2.22. The third kappa shape index (κ3) is 2.44. The molecule has 1 aliphatic rings. The molecule has 0 saturated carbocycles. The molecule has 0 radical (unpaired) electrons. The fourth-order valence-electron chi connectivity index (χ4n) is 1.77. The zero-order chi connectivity index (χ0) is 9.68. The van der Waals surface area contributed by atoms with Gasteiger partial charge in [0.2, 0.25) is 0 Å². The second kappa shape index (κ2) is 4.85. The van der Waals surface area contributed by atoms with E-state index < -0.39 is 0 Å². The zero-order valence-corrected chi connectivity index (χ0v) is 8.03. The molecule has 0 saturated heterocycles. The smallest absolute Gasteiger partial charge is 0.309 e. The van der Waals surface area contributed by atoms with Crippen molar-refractivity contribution >= 4 is 5.97 Å². The van der Waals surface area contributed by atoms with Crippen LogP contribution >= 0.6 is 0 Å². The van der Waals surface area contributed by atoms with E-state index in [0.29, 0.717) is 12.3 Å². The highest BCUT2D eigenvalue weighted by Crippen LogP contribution is 2.28. The van der Waals surface area contributed by atoms with Crippen LogP contribution in [0.3, 0.4) is 0 Å². The third-order valence-corrected chi connectivity index (χ3v) is 2.49. The second-order valence-corrected chi connectivity index (χ2v) is 3.32. The number of hydrogen-bond donors (Lipinski definition) is 0. The van der Waals surface area contributed by atoms with Crippen LogP contribution in [-0.4, -0.2) is 13.1 Å². The minimum atomic E-state index is -0.114. The summed E-state index contributed by atoms with van der Waals surface area (Å²) in [6.45, 7) is 3.66. The van der Waals surface area contributed by atoms with Crippen molar-refractivity contribution in [1.82, 2.24) is 0 Å². The van der Waals surface area contributed by atoms with Crippen molar-refractivity contribution in [2.45, 2.75) is 19.3 Å². The Hall–Kier alpha value is -1.05. The van der Waals surface area contributed by atoms with Gasteiger partial charge in [0.05, 0.1) is 13.0 Å². The molecule has 2 atom stereocenters. The van der Waals surface area contributed by atoms with E-state index in [2.05, 4.69) is 18.7 Å². The fourth-order valence-corrected chi connectivity index (χ4v) is 1.77. The molecule has 0 bridgehead atoms. The van der Waals surface area contributed by atoms with Crippen molar-refractivity contribution in [1.29, 1.82) is 0 Å². The molecule has 2 heteroatoms. The first-order chi connectivity index (χ1) is 6.29. The molecule has 0 heterocycles.